The second-order valence-electron chi connectivity index (χ2n) is 4.20. The van der Waals surface area contributed by atoms with Crippen molar-refractivity contribution < 1.29 is 19.5 Å². The molecule has 1 amide bonds. The third-order valence-electron chi connectivity index (χ3n) is 1.47. The maximum atomic E-state index is 11.2. The molecule has 0 aliphatic rings. The lowest BCUT2D eigenvalue weighted by molar-refractivity contribution is 0.0287. The van der Waals surface area contributed by atoms with Crippen LogP contribution >= 0.6 is 0 Å². The van der Waals surface area contributed by atoms with Gasteiger partial charge in [-0.25, -0.2) is 4.79 Å². The van der Waals surface area contributed by atoms with E-state index in [1.807, 2.05) is 0 Å². The Bertz CT molecular complexity index is 370. The Kier molecular flexibility index (Phi) is 3.60. The lowest BCUT2D eigenvalue weighted by Crippen LogP contribution is -2.34. The van der Waals surface area contributed by atoms with Gasteiger partial charge in [-0.1, -0.05) is 6.07 Å². The number of hydrogen-bond acceptors (Lipinski definition) is 4. The number of rotatable bonds is 2. The number of phenolic OH excluding ortho intramolecular Hbond substituents is 1. The molecule has 0 radical (unpaired) electrons. The zero-order valence-corrected chi connectivity index (χ0v) is 9.48. The summed E-state index contributed by atoms with van der Waals surface area (Å²) >= 11 is 0. The van der Waals surface area contributed by atoms with E-state index < -0.39 is 11.7 Å². The highest BCUT2D eigenvalue weighted by Gasteiger charge is 2.16. The van der Waals surface area contributed by atoms with E-state index in [0.717, 1.165) is 0 Å². The molecule has 0 atom stereocenters. The van der Waals surface area contributed by atoms with Gasteiger partial charge in [0.25, 0.3) is 0 Å². The number of nitrogens with one attached hydrogen (secondary N) is 1. The fraction of sp³-hybridized carbons (Fsp3) is 0.364. The van der Waals surface area contributed by atoms with Crippen LogP contribution in [0.4, 0.5) is 4.79 Å². The van der Waals surface area contributed by atoms with Crippen LogP contribution in [-0.2, 0) is 4.74 Å². The molecule has 88 valence electrons. The zero-order chi connectivity index (χ0) is 12.2. The first-order chi connectivity index (χ1) is 7.37. The van der Waals surface area contributed by atoms with Crippen LogP contribution in [0.2, 0.25) is 0 Å². The van der Waals surface area contributed by atoms with Crippen LogP contribution in [-0.4, -0.2) is 16.8 Å². The van der Waals surface area contributed by atoms with Crippen molar-refractivity contribution in [1.29, 1.82) is 0 Å². The first-order valence-electron chi connectivity index (χ1n) is 4.82. The molecule has 5 nitrogen and oxygen atoms in total. The highest BCUT2D eigenvalue weighted by atomic mass is 16.7. The molecule has 0 aliphatic carbocycles. The molecule has 0 saturated heterocycles. The lowest BCUT2D eigenvalue weighted by Gasteiger charge is -2.19. The van der Waals surface area contributed by atoms with Gasteiger partial charge in [0.05, 0.1) is 0 Å². The van der Waals surface area contributed by atoms with Gasteiger partial charge >= 0.3 is 6.09 Å². The van der Waals surface area contributed by atoms with Crippen molar-refractivity contribution in [2.45, 2.75) is 26.4 Å². The number of phenols is 1. The van der Waals surface area contributed by atoms with Gasteiger partial charge in [0.1, 0.15) is 11.4 Å². The van der Waals surface area contributed by atoms with Gasteiger partial charge in [0.2, 0.25) is 0 Å². The Morgan fingerprint density at radius 1 is 1.38 bits per heavy atom. The molecule has 0 spiro atoms. The Morgan fingerprint density at radius 3 is 2.62 bits per heavy atom. The van der Waals surface area contributed by atoms with Crippen LogP contribution in [0.15, 0.2) is 24.3 Å². The maximum absolute atomic E-state index is 11.2. The second-order valence-corrected chi connectivity index (χ2v) is 4.20. The number of benzene rings is 1. The van der Waals surface area contributed by atoms with Crippen LogP contribution in [0, 0.1) is 0 Å². The third-order valence-corrected chi connectivity index (χ3v) is 1.47. The van der Waals surface area contributed by atoms with Gasteiger partial charge in [0, 0.05) is 6.07 Å². The van der Waals surface area contributed by atoms with Crippen LogP contribution < -0.4 is 10.3 Å². The van der Waals surface area contributed by atoms with E-state index in [1.54, 1.807) is 32.9 Å². The number of carbonyl (C=O) groups is 1. The summed E-state index contributed by atoms with van der Waals surface area (Å²) in [5, 5.41) is 9.14. The third kappa shape index (κ3) is 4.54. The van der Waals surface area contributed by atoms with Gasteiger partial charge in [0.15, 0.2) is 5.75 Å². The summed E-state index contributed by atoms with van der Waals surface area (Å²) in [6, 6.07) is 6.07. The van der Waals surface area contributed by atoms with E-state index in [9.17, 15) is 4.79 Å². The summed E-state index contributed by atoms with van der Waals surface area (Å²) in [5.41, 5.74) is 1.53. The predicted octanol–water partition coefficient (Wildman–Crippen LogP) is 2.21. The van der Waals surface area contributed by atoms with Crippen LogP contribution in [0.3, 0.4) is 0 Å². The van der Waals surface area contributed by atoms with Crippen molar-refractivity contribution in [3.8, 4) is 11.5 Å². The smallest absolute Gasteiger partial charge is 0.441 e. The Balaban J connectivity index is 2.43. The summed E-state index contributed by atoms with van der Waals surface area (Å²) in [6.45, 7) is 5.25. The van der Waals surface area contributed by atoms with E-state index in [1.165, 1.54) is 12.1 Å². The zero-order valence-electron chi connectivity index (χ0n) is 9.48. The molecule has 0 fully saturated rings. The van der Waals surface area contributed by atoms with E-state index >= 15 is 0 Å². The monoisotopic (exact) mass is 225 g/mol. The molecule has 0 aliphatic heterocycles. The summed E-state index contributed by atoms with van der Waals surface area (Å²) in [4.78, 5) is 16.1. The molecule has 0 saturated carbocycles. The molecule has 5 heteroatoms. The van der Waals surface area contributed by atoms with E-state index in [4.69, 9.17) is 14.7 Å². The Labute approximate surface area is 93.9 Å². The average molecular weight is 225 g/mol. The molecule has 0 heterocycles. The number of carbonyl (C=O) groups excluding carboxylic acids is 1. The minimum absolute atomic E-state index is 0.0588. The largest absolute Gasteiger partial charge is 0.508 e. The van der Waals surface area contributed by atoms with E-state index in [-0.39, 0.29) is 5.75 Å². The van der Waals surface area contributed by atoms with Crippen molar-refractivity contribution in [3.05, 3.63) is 24.3 Å². The fourth-order valence-electron chi connectivity index (χ4n) is 0.947. The highest BCUT2D eigenvalue weighted by Crippen LogP contribution is 2.16. The molecular formula is C11H15NO4. The van der Waals surface area contributed by atoms with E-state index in [2.05, 4.69) is 5.48 Å². The van der Waals surface area contributed by atoms with Crippen LogP contribution in [0.25, 0.3) is 0 Å². The van der Waals surface area contributed by atoms with Crippen molar-refractivity contribution in [3.63, 3.8) is 0 Å². The molecule has 1 rings (SSSR count). The summed E-state index contributed by atoms with van der Waals surface area (Å²) in [5.74, 6) is 0.384. The molecule has 16 heavy (non-hydrogen) atoms. The van der Waals surface area contributed by atoms with Gasteiger partial charge in [-0.05, 0) is 32.9 Å². The first-order valence-corrected chi connectivity index (χ1v) is 4.82. The number of amides is 1. The van der Waals surface area contributed by atoms with Crippen molar-refractivity contribution in [2.75, 3.05) is 0 Å². The first kappa shape index (κ1) is 12.2. The maximum Gasteiger partial charge on any atom is 0.441 e. The highest BCUT2D eigenvalue weighted by molar-refractivity contribution is 5.66. The van der Waals surface area contributed by atoms with Gasteiger partial charge in [-0.2, -0.15) is 5.48 Å². The van der Waals surface area contributed by atoms with Gasteiger partial charge in [-0.15, -0.1) is 0 Å². The fourth-order valence-corrected chi connectivity index (χ4v) is 0.947. The molecule has 2 N–H and O–H groups in total. The lowest BCUT2D eigenvalue weighted by atomic mass is 10.2. The minimum atomic E-state index is -0.684. The molecule has 0 bridgehead atoms. The van der Waals surface area contributed by atoms with Gasteiger partial charge in [-0.3, -0.25) is 0 Å². The molecular weight excluding hydrogens is 210 g/mol. The van der Waals surface area contributed by atoms with Crippen molar-refractivity contribution >= 4 is 6.09 Å². The normalized spacial score (nSPS) is 10.7. The summed E-state index contributed by atoms with van der Waals surface area (Å²) in [7, 11) is 0. The summed E-state index contributed by atoms with van der Waals surface area (Å²) in [6.07, 6.45) is -0.684. The molecule has 1 aromatic carbocycles. The summed E-state index contributed by atoms with van der Waals surface area (Å²) < 4.78 is 4.95. The van der Waals surface area contributed by atoms with Crippen LogP contribution in [0.5, 0.6) is 11.5 Å². The van der Waals surface area contributed by atoms with E-state index in [0.29, 0.717) is 5.75 Å². The molecule has 0 unspecified atom stereocenters. The standard InChI is InChI=1S/C11H15NO4/c1-11(2,3)15-10(14)12-16-9-6-4-5-8(13)7-9/h4-7,13H,1-3H3,(H,12,14). The average Bonchev–Trinajstić information content (AvgIpc) is 2.12. The van der Waals surface area contributed by atoms with Crippen molar-refractivity contribution in [2.24, 2.45) is 0 Å². The van der Waals surface area contributed by atoms with Crippen molar-refractivity contribution in [1.82, 2.24) is 5.48 Å². The van der Waals surface area contributed by atoms with Crippen LogP contribution in [0.1, 0.15) is 20.8 Å². The number of ether oxygens (including phenoxy) is 1. The molecule has 1 aromatic rings. The minimum Gasteiger partial charge on any atom is -0.508 e. The Morgan fingerprint density at radius 2 is 2.06 bits per heavy atom. The SMILES string of the molecule is CC(C)(C)OC(=O)NOc1cccc(O)c1. The second kappa shape index (κ2) is 4.74. The molecule has 0 aromatic heterocycles. The number of aromatic hydroxyl groups is 1. The number of hydroxylamine groups is 1. The quantitative estimate of drug-likeness (QED) is 0.757. The predicted molar refractivity (Wildman–Crippen MR) is 58.1 cm³/mol. The number of hydrogen-bond donors (Lipinski definition) is 2. The Hall–Kier alpha value is -1.91. The van der Waals surface area contributed by atoms with Gasteiger partial charge < -0.3 is 14.7 Å². The topological polar surface area (TPSA) is 67.8 Å².